The normalized spacial score (nSPS) is 14.9. The van der Waals surface area contributed by atoms with Crippen molar-refractivity contribution >= 4 is 18.0 Å². The summed E-state index contributed by atoms with van der Waals surface area (Å²) in [6.07, 6.45) is -0.00294. The second-order valence-corrected chi connectivity index (χ2v) is 8.99. The molecule has 5 rings (SSSR count). The topological polar surface area (TPSA) is 95.9 Å². The predicted octanol–water partition coefficient (Wildman–Crippen LogP) is 4.20. The number of nitrogens with zero attached hydrogens (tertiary/aromatic N) is 1. The first kappa shape index (κ1) is 22.7. The van der Waals surface area contributed by atoms with E-state index in [1.54, 1.807) is 30.0 Å². The largest absolute Gasteiger partial charge is 0.478 e. The average Bonchev–Trinajstić information content (AvgIpc) is 3.20. The van der Waals surface area contributed by atoms with Crippen LogP contribution >= 0.6 is 0 Å². The van der Waals surface area contributed by atoms with E-state index in [9.17, 15) is 19.5 Å². The second kappa shape index (κ2) is 9.25. The first-order valence-corrected chi connectivity index (χ1v) is 11.7. The van der Waals surface area contributed by atoms with Gasteiger partial charge in [0.2, 0.25) is 5.91 Å². The molecule has 3 aromatic rings. The quantitative estimate of drug-likeness (QED) is 0.583. The molecule has 1 heterocycles. The second-order valence-electron chi connectivity index (χ2n) is 8.99. The van der Waals surface area contributed by atoms with Gasteiger partial charge in [0, 0.05) is 19.0 Å². The molecule has 0 aromatic heterocycles. The highest BCUT2D eigenvalue weighted by Crippen LogP contribution is 2.44. The van der Waals surface area contributed by atoms with Crippen LogP contribution in [0.1, 0.15) is 45.5 Å². The van der Waals surface area contributed by atoms with Crippen molar-refractivity contribution in [3.05, 3.63) is 94.5 Å². The van der Waals surface area contributed by atoms with E-state index in [1.165, 1.54) is 0 Å². The van der Waals surface area contributed by atoms with Gasteiger partial charge in [-0.15, -0.1) is 0 Å². The summed E-state index contributed by atoms with van der Waals surface area (Å²) in [5.41, 5.74) is 6.60. The number of carbonyl (C=O) groups is 3. The number of fused-ring (bicyclic) bond motifs is 4. The highest BCUT2D eigenvalue weighted by atomic mass is 16.5. The molecule has 7 heteroatoms. The molecule has 2 aliphatic rings. The zero-order chi connectivity index (χ0) is 24.5. The molecule has 1 aliphatic heterocycles. The smallest absolute Gasteiger partial charge is 0.407 e. The highest BCUT2D eigenvalue weighted by molar-refractivity contribution is 5.88. The summed E-state index contributed by atoms with van der Waals surface area (Å²) in [7, 11) is 0. The molecule has 1 aliphatic carbocycles. The van der Waals surface area contributed by atoms with Crippen LogP contribution in [0.3, 0.4) is 0 Å². The van der Waals surface area contributed by atoms with Gasteiger partial charge in [0.1, 0.15) is 12.6 Å². The molecule has 35 heavy (non-hydrogen) atoms. The van der Waals surface area contributed by atoms with Crippen LogP contribution in [0.15, 0.2) is 66.7 Å². The van der Waals surface area contributed by atoms with Crippen molar-refractivity contribution in [1.82, 2.24) is 10.2 Å². The summed E-state index contributed by atoms with van der Waals surface area (Å²) in [4.78, 5) is 38.5. The summed E-state index contributed by atoms with van der Waals surface area (Å²) in [5.74, 6) is -1.28. The Morgan fingerprint density at radius 1 is 1.00 bits per heavy atom. The van der Waals surface area contributed by atoms with Crippen LogP contribution in [-0.4, -0.2) is 47.2 Å². The van der Waals surface area contributed by atoms with Gasteiger partial charge in [0.05, 0.1) is 5.56 Å². The van der Waals surface area contributed by atoms with Gasteiger partial charge >= 0.3 is 12.1 Å². The maximum Gasteiger partial charge on any atom is 0.407 e. The van der Waals surface area contributed by atoms with E-state index >= 15 is 0 Å². The van der Waals surface area contributed by atoms with E-state index in [2.05, 4.69) is 29.6 Å². The van der Waals surface area contributed by atoms with E-state index in [4.69, 9.17) is 4.74 Å². The number of alkyl carbamates (subject to hydrolysis) is 1. The van der Waals surface area contributed by atoms with Crippen molar-refractivity contribution in [3.63, 3.8) is 0 Å². The molecular weight excluding hydrogens is 444 g/mol. The summed E-state index contributed by atoms with van der Waals surface area (Å²) in [5, 5.41) is 11.9. The molecule has 1 atom stereocenters. The molecule has 0 saturated heterocycles. The molecular formula is C28H26N2O5. The van der Waals surface area contributed by atoms with E-state index in [0.29, 0.717) is 19.5 Å². The molecule has 3 aromatic carbocycles. The van der Waals surface area contributed by atoms with Gasteiger partial charge in [-0.2, -0.15) is 0 Å². The Kier molecular flexibility index (Phi) is 5.99. The molecule has 0 radical (unpaired) electrons. The lowest BCUT2D eigenvalue weighted by atomic mass is 9.97. The number of hydrogen-bond acceptors (Lipinski definition) is 4. The molecule has 178 valence electrons. The van der Waals surface area contributed by atoms with Crippen LogP contribution in [0.25, 0.3) is 11.1 Å². The van der Waals surface area contributed by atoms with Crippen LogP contribution in [0.2, 0.25) is 0 Å². The minimum Gasteiger partial charge on any atom is -0.478 e. The molecule has 2 N–H and O–H groups in total. The van der Waals surface area contributed by atoms with Crippen LogP contribution < -0.4 is 5.32 Å². The third kappa shape index (κ3) is 4.37. The zero-order valence-electron chi connectivity index (χ0n) is 19.4. The lowest BCUT2D eigenvalue weighted by Crippen LogP contribution is -2.48. The fourth-order valence-electron chi connectivity index (χ4n) is 5.03. The van der Waals surface area contributed by atoms with Gasteiger partial charge in [0.15, 0.2) is 0 Å². The first-order valence-electron chi connectivity index (χ1n) is 11.7. The van der Waals surface area contributed by atoms with Crippen molar-refractivity contribution in [3.8, 4) is 11.1 Å². The standard InChI is InChI=1S/C28H26N2O5/c1-17(26(31)30-13-12-18-10-11-19(27(32)33)14-20(18)15-30)29-28(34)35-16-25-23-8-4-2-6-21(23)22-7-3-5-9-24(22)25/h2-11,14,17,25H,12-13,15-16H2,1H3,(H,29,34)(H,32,33)/t17-/m1/s1. The SMILES string of the molecule is C[C@@H](NC(=O)OCC1c2ccccc2-c2ccccc21)C(=O)N1CCc2ccc(C(=O)O)cc2C1. The molecule has 7 nitrogen and oxygen atoms in total. The Labute approximate surface area is 203 Å². The van der Waals surface area contributed by atoms with Crippen molar-refractivity contribution in [2.24, 2.45) is 0 Å². The van der Waals surface area contributed by atoms with Crippen molar-refractivity contribution in [2.75, 3.05) is 13.2 Å². The number of nitrogens with one attached hydrogen (secondary N) is 1. The van der Waals surface area contributed by atoms with Crippen LogP contribution in [0.4, 0.5) is 4.79 Å². The predicted molar refractivity (Wildman–Crippen MR) is 130 cm³/mol. The van der Waals surface area contributed by atoms with Gasteiger partial charge in [-0.05, 0) is 58.9 Å². The fourth-order valence-corrected chi connectivity index (χ4v) is 5.03. The summed E-state index contributed by atoms with van der Waals surface area (Å²) in [6, 6.07) is 20.4. The van der Waals surface area contributed by atoms with E-state index in [-0.39, 0.29) is 24.0 Å². The number of rotatable bonds is 5. The number of hydrogen-bond donors (Lipinski definition) is 2. The van der Waals surface area contributed by atoms with E-state index in [1.807, 2.05) is 24.3 Å². The number of ether oxygens (including phenoxy) is 1. The third-order valence-electron chi connectivity index (χ3n) is 6.83. The van der Waals surface area contributed by atoms with E-state index < -0.39 is 18.1 Å². The highest BCUT2D eigenvalue weighted by Gasteiger charge is 2.30. The maximum atomic E-state index is 13.0. The van der Waals surface area contributed by atoms with Gasteiger partial charge < -0.3 is 20.1 Å². The van der Waals surface area contributed by atoms with Crippen LogP contribution in [0.5, 0.6) is 0 Å². The minimum absolute atomic E-state index is 0.0545. The Bertz CT molecular complexity index is 1270. The average molecular weight is 471 g/mol. The fraction of sp³-hybridized carbons (Fsp3) is 0.250. The number of carbonyl (C=O) groups excluding carboxylic acids is 2. The van der Waals surface area contributed by atoms with E-state index in [0.717, 1.165) is 33.4 Å². The molecule has 0 unspecified atom stereocenters. The summed E-state index contributed by atoms with van der Waals surface area (Å²) >= 11 is 0. The summed E-state index contributed by atoms with van der Waals surface area (Å²) in [6.45, 7) is 2.63. The first-order chi connectivity index (χ1) is 16.9. The molecule has 0 bridgehead atoms. The third-order valence-corrected chi connectivity index (χ3v) is 6.83. The molecule has 0 spiro atoms. The number of carboxylic acids is 1. The number of aromatic carboxylic acids is 1. The number of carboxylic acid groups (broad SMARTS) is 1. The minimum atomic E-state index is -0.999. The zero-order valence-corrected chi connectivity index (χ0v) is 19.4. The Balaban J connectivity index is 1.20. The van der Waals surface area contributed by atoms with Crippen molar-refractivity contribution in [2.45, 2.75) is 31.8 Å². The van der Waals surface area contributed by atoms with Crippen molar-refractivity contribution in [1.29, 1.82) is 0 Å². The number of benzene rings is 3. The van der Waals surface area contributed by atoms with Gasteiger partial charge in [0.25, 0.3) is 0 Å². The Morgan fingerprint density at radius 3 is 2.31 bits per heavy atom. The van der Waals surface area contributed by atoms with Gasteiger partial charge in [-0.3, -0.25) is 4.79 Å². The van der Waals surface area contributed by atoms with Crippen molar-refractivity contribution < 1.29 is 24.2 Å². The molecule has 2 amide bonds. The van der Waals surface area contributed by atoms with Crippen LogP contribution in [0, 0.1) is 0 Å². The molecule has 0 fully saturated rings. The van der Waals surface area contributed by atoms with Crippen LogP contribution in [-0.2, 0) is 22.5 Å². The monoisotopic (exact) mass is 470 g/mol. The lowest BCUT2D eigenvalue weighted by Gasteiger charge is -2.31. The Hall–Kier alpha value is -4.13. The van der Waals surface area contributed by atoms with Gasteiger partial charge in [-0.25, -0.2) is 9.59 Å². The maximum absolute atomic E-state index is 13.0. The Morgan fingerprint density at radius 2 is 1.66 bits per heavy atom. The summed E-state index contributed by atoms with van der Waals surface area (Å²) < 4.78 is 5.56. The molecule has 0 saturated carbocycles. The number of amides is 2. The lowest BCUT2D eigenvalue weighted by molar-refractivity contribution is -0.133. The van der Waals surface area contributed by atoms with Gasteiger partial charge in [-0.1, -0.05) is 54.6 Å².